The molecule has 0 heterocycles. The molecule has 0 bridgehead atoms. The van der Waals surface area contributed by atoms with E-state index >= 15 is 0 Å². The van der Waals surface area contributed by atoms with Crippen LogP contribution in [0.5, 0.6) is 0 Å². The molecular weight excluding hydrogens is 229 g/mol. The molecule has 0 spiro atoms. The lowest BCUT2D eigenvalue weighted by Crippen LogP contribution is -2.11. The van der Waals surface area contributed by atoms with Crippen LogP contribution >= 0.6 is 0 Å². The highest BCUT2D eigenvalue weighted by atomic mass is 19.4. The standard InChI is InChI=1S/C13H19F3O/c1-5-11(9-17-8-10(3)4)7-12(6-2)13(14,15)16/h5-7,10H,2,8-9H2,1,3-4H3/b11-5+,12-7+. The van der Waals surface area contributed by atoms with Gasteiger partial charge in [0.15, 0.2) is 0 Å². The van der Waals surface area contributed by atoms with Crippen LogP contribution in [0, 0.1) is 5.92 Å². The van der Waals surface area contributed by atoms with Crippen molar-refractivity contribution in [3.05, 3.63) is 36.0 Å². The fourth-order valence-electron chi connectivity index (χ4n) is 1.08. The predicted molar refractivity (Wildman–Crippen MR) is 63.7 cm³/mol. The molecule has 0 atom stereocenters. The van der Waals surface area contributed by atoms with Gasteiger partial charge in [0.2, 0.25) is 0 Å². The van der Waals surface area contributed by atoms with Crippen molar-refractivity contribution in [2.45, 2.75) is 26.9 Å². The summed E-state index contributed by atoms with van der Waals surface area (Å²) in [5.74, 6) is 0.360. The quantitative estimate of drug-likeness (QED) is 0.637. The summed E-state index contributed by atoms with van der Waals surface area (Å²) in [4.78, 5) is 0. The van der Waals surface area contributed by atoms with E-state index in [2.05, 4.69) is 6.58 Å². The van der Waals surface area contributed by atoms with Crippen molar-refractivity contribution in [1.82, 2.24) is 0 Å². The molecule has 0 aliphatic carbocycles. The van der Waals surface area contributed by atoms with Crippen molar-refractivity contribution >= 4 is 0 Å². The molecule has 0 saturated carbocycles. The second-order valence-corrected chi connectivity index (χ2v) is 4.07. The number of allylic oxidation sites excluding steroid dienone is 3. The SMILES string of the molecule is C=C/C(=C\C(=C/C)COCC(C)C)C(F)(F)F. The highest BCUT2D eigenvalue weighted by Gasteiger charge is 2.31. The third-order valence-corrected chi connectivity index (χ3v) is 1.98. The van der Waals surface area contributed by atoms with Crippen LogP contribution in [-0.2, 0) is 4.74 Å². The average Bonchev–Trinajstić information content (AvgIpc) is 2.20. The Kier molecular flexibility index (Phi) is 6.88. The number of hydrogen-bond donors (Lipinski definition) is 0. The predicted octanol–water partition coefficient (Wildman–Crippen LogP) is 4.28. The zero-order valence-corrected chi connectivity index (χ0v) is 10.5. The summed E-state index contributed by atoms with van der Waals surface area (Å²) in [7, 11) is 0. The minimum absolute atomic E-state index is 0.183. The Hall–Kier alpha value is -1.03. The van der Waals surface area contributed by atoms with E-state index < -0.39 is 11.7 Å². The Morgan fingerprint density at radius 3 is 2.29 bits per heavy atom. The molecule has 98 valence electrons. The minimum atomic E-state index is -4.37. The number of halogens is 3. The first-order valence-corrected chi connectivity index (χ1v) is 5.45. The van der Waals surface area contributed by atoms with Crippen molar-refractivity contribution < 1.29 is 17.9 Å². The third kappa shape index (κ3) is 7.00. The Labute approximate surface area is 101 Å². The largest absolute Gasteiger partial charge is 0.416 e. The Bertz CT molecular complexity index is 298. The molecule has 0 aliphatic heterocycles. The minimum Gasteiger partial charge on any atom is -0.377 e. The molecule has 0 aromatic heterocycles. The van der Waals surface area contributed by atoms with Crippen LogP contribution in [0.2, 0.25) is 0 Å². The fourth-order valence-corrected chi connectivity index (χ4v) is 1.08. The summed E-state index contributed by atoms with van der Waals surface area (Å²) in [6.07, 6.45) is -0.886. The number of rotatable bonds is 6. The van der Waals surface area contributed by atoms with E-state index in [1.54, 1.807) is 13.0 Å². The van der Waals surface area contributed by atoms with Gasteiger partial charge in [-0.05, 0) is 24.5 Å². The van der Waals surface area contributed by atoms with Crippen LogP contribution in [0.15, 0.2) is 36.0 Å². The lowest BCUT2D eigenvalue weighted by Gasteiger charge is -2.10. The van der Waals surface area contributed by atoms with Crippen LogP contribution in [0.1, 0.15) is 20.8 Å². The molecule has 1 nitrogen and oxygen atoms in total. The van der Waals surface area contributed by atoms with Gasteiger partial charge in [-0.15, -0.1) is 0 Å². The Morgan fingerprint density at radius 1 is 1.35 bits per heavy atom. The summed E-state index contributed by atoms with van der Waals surface area (Å²) in [5.41, 5.74) is -0.253. The van der Waals surface area contributed by atoms with Crippen molar-refractivity contribution in [3.63, 3.8) is 0 Å². The molecule has 17 heavy (non-hydrogen) atoms. The fraction of sp³-hybridized carbons (Fsp3) is 0.538. The second-order valence-electron chi connectivity index (χ2n) is 4.07. The highest BCUT2D eigenvalue weighted by Crippen LogP contribution is 2.27. The van der Waals surface area contributed by atoms with Gasteiger partial charge in [-0.1, -0.05) is 32.6 Å². The topological polar surface area (TPSA) is 9.23 Å². The van der Waals surface area contributed by atoms with E-state index in [1.807, 2.05) is 13.8 Å². The lowest BCUT2D eigenvalue weighted by molar-refractivity contribution is -0.0882. The van der Waals surface area contributed by atoms with Crippen LogP contribution in [0.25, 0.3) is 0 Å². The first-order chi connectivity index (χ1) is 7.81. The van der Waals surface area contributed by atoms with E-state index in [-0.39, 0.29) is 6.61 Å². The monoisotopic (exact) mass is 248 g/mol. The zero-order valence-electron chi connectivity index (χ0n) is 10.5. The molecule has 0 fully saturated rings. The first-order valence-electron chi connectivity index (χ1n) is 5.45. The van der Waals surface area contributed by atoms with Gasteiger partial charge in [0.05, 0.1) is 12.2 Å². The maximum Gasteiger partial charge on any atom is 0.416 e. The molecule has 0 aromatic rings. The van der Waals surface area contributed by atoms with Gasteiger partial charge in [-0.2, -0.15) is 13.2 Å². The van der Waals surface area contributed by atoms with Gasteiger partial charge in [-0.3, -0.25) is 0 Å². The van der Waals surface area contributed by atoms with E-state index in [0.29, 0.717) is 18.1 Å². The average molecular weight is 248 g/mol. The molecule has 0 saturated heterocycles. The summed E-state index contributed by atoms with van der Waals surface area (Å²) < 4.78 is 42.7. The third-order valence-electron chi connectivity index (χ3n) is 1.98. The molecule has 0 aromatic carbocycles. The summed E-state index contributed by atoms with van der Waals surface area (Å²) >= 11 is 0. The van der Waals surface area contributed by atoms with Crippen molar-refractivity contribution in [2.24, 2.45) is 5.92 Å². The summed E-state index contributed by atoms with van der Waals surface area (Å²) in [5, 5.41) is 0. The van der Waals surface area contributed by atoms with Gasteiger partial charge in [0, 0.05) is 6.61 Å². The van der Waals surface area contributed by atoms with Gasteiger partial charge in [0.1, 0.15) is 0 Å². The normalized spacial score (nSPS) is 14.3. The smallest absolute Gasteiger partial charge is 0.377 e. The van der Waals surface area contributed by atoms with Crippen LogP contribution in [-0.4, -0.2) is 19.4 Å². The van der Waals surface area contributed by atoms with E-state index in [0.717, 1.165) is 12.2 Å². The summed E-state index contributed by atoms with van der Waals surface area (Å²) in [6.45, 7) is 9.52. The molecule has 0 amide bonds. The molecule has 0 aliphatic rings. The number of ether oxygens (including phenoxy) is 1. The van der Waals surface area contributed by atoms with Crippen molar-refractivity contribution in [3.8, 4) is 0 Å². The Balaban J connectivity index is 4.58. The first kappa shape index (κ1) is 16.0. The highest BCUT2D eigenvalue weighted by molar-refractivity contribution is 5.32. The van der Waals surface area contributed by atoms with Crippen molar-refractivity contribution in [2.75, 3.05) is 13.2 Å². The molecular formula is C13H19F3O. The van der Waals surface area contributed by atoms with E-state index in [1.165, 1.54) is 0 Å². The van der Waals surface area contributed by atoms with Gasteiger partial charge in [-0.25, -0.2) is 0 Å². The molecule has 4 heteroatoms. The second kappa shape index (κ2) is 7.33. The lowest BCUT2D eigenvalue weighted by atomic mass is 10.1. The van der Waals surface area contributed by atoms with E-state index in [9.17, 15) is 13.2 Å². The number of alkyl halides is 3. The van der Waals surface area contributed by atoms with Gasteiger partial charge in [0.25, 0.3) is 0 Å². The maximum absolute atomic E-state index is 12.5. The van der Waals surface area contributed by atoms with Crippen LogP contribution < -0.4 is 0 Å². The van der Waals surface area contributed by atoms with Crippen LogP contribution in [0.4, 0.5) is 13.2 Å². The number of hydrogen-bond acceptors (Lipinski definition) is 1. The van der Waals surface area contributed by atoms with E-state index in [4.69, 9.17) is 4.74 Å². The summed E-state index contributed by atoms with van der Waals surface area (Å²) in [6, 6.07) is 0. The zero-order chi connectivity index (χ0) is 13.5. The molecule has 0 rings (SSSR count). The molecule has 0 unspecified atom stereocenters. The maximum atomic E-state index is 12.5. The van der Waals surface area contributed by atoms with Gasteiger partial charge < -0.3 is 4.74 Å². The van der Waals surface area contributed by atoms with Crippen LogP contribution in [0.3, 0.4) is 0 Å². The molecule has 0 N–H and O–H groups in total. The van der Waals surface area contributed by atoms with Gasteiger partial charge >= 0.3 is 6.18 Å². The van der Waals surface area contributed by atoms with Crippen molar-refractivity contribution in [1.29, 1.82) is 0 Å². The Morgan fingerprint density at radius 2 is 1.94 bits per heavy atom. The molecule has 0 radical (unpaired) electrons.